The van der Waals surface area contributed by atoms with Gasteiger partial charge in [0.1, 0.15) is 0 Å². The highest BCUT2D eigenvalue weighted by atomic mass is 19.3. The van der Waals surface area contributed by atoms with E-state index in [9.17, 15) is 13.2 Å². The van der Waals surface area contributed by atoms with Gasteiger partial charge in [0.2, 0.25) is 11.8 Å². The number of nitrogens with zero attached hydrogens (tertiary/aromatic N) is 4. The molecular weight excluding hydrogens is 347 g/mol. The zero-order valence-electron chi connectivity index (χ0n) is 14.8. The maximum absolute atomic E-state index is 13.9. The minimum absolute atomic E-state index is 0.111. The van der Waals surface area contributed by atoms with Crippen molar-refractivity contribution in [2.24, 2.45) is 5.92 Å². The summed E-state index contributed by atoms with van der Waals surface area (Å²) >= 11 is 0. The largest absolute Gasteiger partial charge is 0.475 e. The average Bonchev–Trinajstić information content (AvgIpc) is 3.05. The second-order valence-corrected chi connectivity index (χ2v) is 6.79. The number of rotatable bonds is 6. The highest BCUT2D eigenvalue weighted by molar-refractivity contribution is 5.50. The molecule has 9 heteroatoms. The summed E-state index contributed by atoms with van der Waals surface area (Å²) in [5, 5.41) is 7.08. The first-order chi connectivity index (χ1) is 12.3. The fourth-order valence-electron chi connectivity index (χ4n) is 2.88. The lowest BCUT2D eigenvalue weighted by Crippen LogP contribution is -2.35. The fraction of sp³-hybridized carbons (Fsp3) is 0.588. The Labute approximate surface area is 149 Å². The molecule has 1 saturated carbocycles. The molecular formula is C17H22F3N5O. The summed E-state index contributed by atoms with van der Waals surface area (Å²) in [5.41, 5.74) is 0.634. The van der Waals surface area contributed by atoms with Crippen LogP contribution in [-0.2, 0) is 0 Å². The molecule has 0 bridgehead atoms. The van der Waals surface area contributed by atoms with Crippen LogP contribution in [0.1, 0.15) is 45.6 Å². The molecule has 6 nitrogen and oxygen atoms in total. The second-order valence-electron chi connectivity index (χ2n) is 6.79. The molecule has 1 fully saturated rings. The molecule has 0 radical (unpaired) electrons. The SMILES string of the molecule is CC(C)n1cc(Nc2ncc(F)c(OCC3CCCCC3(F)F)n2)cn1. The van der Waals surface area contributed by atoms with Crippen molar-refractivity contribution in [2.75, 3.05) is 11.9 Å². The van der Waals surface area contributed by atoms with Crippen LogP contribution < -0.4 is 10.1 Å². The van der Waals surface area contributed by atoms with Crippen LogP contribution in [0.25, 0.3) is 0 Å². The number of ether oxygens (including phenoxy) is 1. The topological polar surface area (TPSA) is 64.9 Å². The molecule has 2 aromatic heterocycles. The Morgan fingerprint density at radius 2 is 2.15 bits per heavy atom. The number of anilines is 2. The van der Waals surface area contributed by atoms with E-state index in [1.54, 1.807) is 17.1 Å². The zero-order chi connectivity index (χ0) is 18.7. The first-order valence-corrected chi connectivity index (χ1v) is 8.69. The van der Waals surface area contributed by atoms with E-state index in [0.29, 0.717) is 18.5 Å². The Balaban J connectivity index is 1.67. The molecule has 1 aliphatic carbocycles. The van der Waals surface area contributed by atoms with Gasteiger partial charge in [-0.25, -0.2) is 13.8 Å². The number of alkyl halides is 2. The number of halogens is 3. The van der Waals surface area contributed by atoms with Gasteiger partial charge in [0, 0.05) is 18.7 Å². The molecule has 2 aromatic rings. The Bertz CT molecular complexity index is 750. The van der Waals surface area contributed by atoms with Crippen molar-refractivity contribution in [3.05, 3.63) is 24.4 Å². The summed E-state index contributed by atoms with van der Waals surface area (Å²) in [6, 6.07) is 0.191. The van der Waals surface area contributed by atoms with Crippen LogP contribution in [0.3, 0.4) is 0 Å². The van der Waals surface area contributed by atoms with Crippen LogP contribution in [0, 0.1) is 11.7 Å². The zero-order valence-corrected chi connectivity index (χ0v) is 14.8. The van der Waals surface area contributed by atoms with Crippen LogP contribution in [-0.4, -0.2) is 32.3 Å². The van der Waals surface area contributed by atoms with Crippen LogP contribution in [0.15, 0.2) is 18.6 Å². The summed E-state index contributed by atoms with van der Waals surface area (Å²) in [7, 11) is 0. The van der Waals surface area contributed by atoms with Crippen LogP contribution in [0.4, 0.5) is 24.8 Å². The van der Waals surface area contributed by atoms with Crippen molar-refractivity contribution < 1.29 is 17.9 Å². The van der Waals surface area contributed by atoms with Gasteiger partial charge in [0.15, 0.2) is 0 Å². The molecule has 2 heterocycles. The third kappa shape index (κ3) is 4.25. The van der Waals surface area contributed by atoms with E-state index in [4.69, 9.17) is 4.74 Å². The molecule has 142 valence electrons. The van der Waals surface area contributed by atoms with E-state index in [1.165, 1.54) is 0 Å². The van der Waals surface area contributed by atoms with E-state index in [-0.39, 0.29) is 30.9 Å². The third-order valence-corrected chi connectivity index (χ3v) is 4.43. The lowest BCUT2D eigenvalue weighted by atomic mass is 9.86. The van der Waals surface area contributed by atoms with Gasteiger partial charge in [-0.05, 0) is 26.7 Å². The highest BCUT2D eigenvalue weighted by Crippen LogP contribution is 2.38. The van der Waals surface area contributed by atoms with Gasteiger partial charge in [-0.15, -0.1) is 0 Å². The van der Waals surface area contributed by atoms with Crippen molar-refractivity contribution in [1.29, 1.82) is 0 Å². The lowest BCUT2D eigenvalue weighted by molar-refractivity contribution is -0.0985. The van der Waals surface area contributed by atoms with Gasteiger partial charge < -0.3 is 10.1 Å². The smallest absolute Gasteiger partial charge is 0.255 e. The van der Waals surface area contributed by atoms with E-state index in [0.717, 1.165) is 12.6 Å². The minimum Gasteiger partial charge on any atom is -0.475 e. The molecule has 0 aromatic carbocycles. The average molecular weight is 369 g/mol. The molecule has 0 spiro atoms. The highest BCUT2D eigenvalue weighted by Gasteiger charge is 2.41. The van der Waals surface area contributed by atoms with Crippen LogP contribution in [0.2, 0.25) is 0 Å². The number of nitrogens with one attached hydrogen (secondary N) is 1. The summed E-state index contributed by atoms with van der Waals surface area (Å²) in [6.07, 6.45) is 5.75. The summed E-state index contributed by atoms with van der Waals surface area (Å²) in [4.78, 5) is 7.80. The maximum atomic E-state index is 13.9. The fourth-order valence-corrected chi connectivity index (χ4v) is 2.88. The maximum Gasteiger partial charge on any atom is 0.255 e. The molecule has 0 amide bonds. The first-order valence-electron chi connectivity index (χ1n) is 8.69. The standard InChI is InChI=1S/C17H22F3N5O/c1-11(2)25-9-13(7-22-25)23-16-21-8-14(18)15(24-16)26-10-12-5-3-4-6-17(12,19)20/h7-9,11-12H,3-6,10H2,1-2H3,(H,21,23,24). The lowest BCUT2D eigenvalue weighted by Gasteiger charge is -2.30. The van der Waals surface area contributed by atoms with Crippen molar-refractivity contribution in [2.45, 2.75) is 51.5 Å². The van der Waals surface area contributed by atoms with Gasteiger partial charge >= 0.3 is 0 Å². The van der Waals surface area contributed by atoms with Crippen LogP contribution >= 0.6 is 0 Å². The first kappa shape index (κ1) is 18.5. The monoisotopic (exact) mass is 369 g/mol. The summed E-state index contributed by atoms with van der Waals surface area (Å²) in [6.45, 7) is 3.70. The Morgan fingerprint density at radius 3 is 2.85 bits per heavy atom. The molecule has 3 rings (SSSR count). The number of hydrogen-bond donors (Lipinski definition) is 1. The van der Waals surface area contributed by atoms with Crippen molar-refractivity contribution in [3.63, 3.8) is 0 Å². The predicted octanol–water partition coefficient (Wildman–Crippen LogP) is 4.34. The molecule has 1 N–H and O–H groups in total. The molecule has 0 aliphatic heterocycles. The molecule has 0 saturated heterocycles. The van der Waals surface area contributed by atoms with Crippen molar-refractivity contribution >= 4 is 11.6 Å². The third-order valence-electron chi connectivity index (χ3n) is 4.43. The molecule has 1 atom stereocenters. The van der Waals surface area contributed by atoms with Crippen molar-refractivity contribution in [1.82, 2.24) is 19.7 Å². The van der Waals surface area contributed by atoms with Gasteiger partial charge in [0.25, 0.3) is 11.8 Å². The van der Waals surface area contributed by atoms with E-state index in [1.807, 2.05) is 13.8 Å². The van der Waals surface area contributed by atoms with Gasteiger partial charge in [-0.2, -0.15) is 14.5 Å². The molecule has 1 aliphatic rings. The summed E-state index contributed by atoms with van der Waals surface area (Å²) < 4.78 is 48.7. The van der Waals surface area contributed by atoms with Gasteiger partial charge in [0.05, 0.1) is 30.6 Å². The molecule has 1 unspecified atom stereocenters. The van der Waals surface area contributed by atoms with E-state index < -0.39 is 17.7 Å². The normalized spacial score (nSPS) is 19.5. The number of hydrogen-bond acceptors (Lipinski definition) is 5. The van der Waals surface area contributed by atoms with E-state index >= 15 is 0 Å². The van der Waals surface area contributed by atoms with E-state index in [2.05, 4.69) is 20.4 Å². The van der Waals surface area contributed by atoms with Crippen molar-refractivity contribution in [3.8, 4) is 5.88 Å². The minimum atomic E-state index is -2.78. The summed E-state index contributed by atoms with van der Waals surface area (Å²) in [5.74, 6) is -4.71. The predicted molar refractivity (Wildman–Crippen MR) is 90.3 cm³/mol. The van der Waals surface area contributed by atoms with Crippen LogP contribution in [0.5, 0.6) is 5.88 Å². The Morgan fingerprint density at radius 1 is 1.35 bits per heavy atom. The van der Waals surface area contributed by atoms with Gasteiger partial charge in [-0.3, -0.25) is 4.68 Å². The molecule has 26 heavy (non-hydrogen) atoms. The van der Waals surface area contributed by atoms with Gasteiger partial charge in [-0.1, -0.05) is 6.42 Å². The Kier molecular flexibility index (Phi) is 5.33. The number of aromatic nitrogens is 4. The Hall–Kier alpha value is -2.32. The second kappa shape index (κ2) is 7.51. The quantitative estimate of drug-likeness (QED) is 0.820.